The molecule has 0 aliphatic carbocycles. The monoisotopic (exact) mass is 221 g/mol. The Labute approximate surface area is 73.2 Å². The lowest BCUT2D eigenvalue weighted by molar-refractivity contribution is 0.0609. The molecule has 1 unspecified atom stereocenters. The first kappa shape index (κ1) is 8.74. The van der Waals surface area contributed by atoms with Crippen LogP contribution < -0.4 is 5.32 Å². The molecule has 0 radical (unpaired) electrons. The molecule has 0 spiro atoms. The normalized spacial score (nSPS) is 22.7. The van der Waals surface area contributed by atoms with Gasteiger partial charge in [-0.2, -0.15) is 0 Å². The lowest BCUT2D eigenvalue weighted by Crippen LogP contribution is -2.28. The average Bonchev–Trinajstić information content (AvgIpc) is 2.04. The van der Waals surface area contributed by atoms with E-state index in [9.17, 15) is 4.39 Å². The number of alkyl halides is 1. The third kappa shape index (κ3) is 3.03. The molecular weight excluding hydrogens is 213 g/mol. The highest BCUT2D eigenvalue weighted by Crippen LogP contribution is 2.10. The number of nitrogens with one attached hydrogen (secondary N) is 1. The highest BCUT2D eigenvalue weighted by molar-refractivity contribution is 9.11. The summed E-state index contributed by atoms with van der Waals surface area (Å²) in [6.45, 7) is -0.315. The van der Waals surface area contributed by atoms with E-state index in [1.807, 2.05) is 12.2 Å². The predicted octanol–water partition coefficient (Wildman–Crippen LogP) is 1.69. The number of halogens is 2. The zero-order valence-electron chi connectivity index (χ0n) is 5.89. The van der Waals surface area contributed by atoms with Crippen LogP contribution in [0.2, 0.25) is 0 Å². The van der Waals surface area contributed by atoms with Crippen molar-refractivity contribution in [3.8, 4) is 0 Å². The van der Waals surface area contributed by atoms with Gasteiger partial charge in [-0.1, -0.05) is 0 Å². The molecule has 1 aliphatic rings. The van der Waals surface area contributed by atoms with Gasteiger partial charge in [-0.3, -0.25) is 0 Å². The summed E-state index contributed by atoms with van der Waals surface area (Å²) < 4.78 is 17.6. The fraction of sp³-hybridized carbons (Fsp3) is 0.429. The van der Waals surface area contributed by atoms with Gasteiger partial charge in [-0.05, 0) is 28.1 Å². The van der Waals surface area contributed by atoms with Crippen LogP contribution in [-0.2, 0) is 4.74 Å². The summed E-state index contributed by atoms with van der Waals surface area (Å²) >= 11 is 3.27. The van der Waals surface area contributed by atoms with Crippen LogP contribution in [0.3, 0.4) is 0 Å². The van der Waals surface area contributed by atoms with Gasteiger partial charge < -0.3 is 10.1 Å². The molecular formula is C7H9BrFNO. The Bertz CT molecular complexity index is 181. The molecule has 1 rings (SSSR count). The van der Waals surface area contributed by atoms with Crippen molar-refractivity contribution in [3.05, 3.63) is 22.8 Å². The molecule has 0 aromatic rings. The zero-order valence-corrected chi connectivity index (χ0v) is 7.47. The molecule has 0 amide bonds. The fourth-order valence-electron chi connectivity index (χ4n) is 0.720. The van der Waals surface area contributed by atoms with Crippen molar-refractivity contribution in [2.75, 3.05) is 13.3 Å². The van der Waals surface area contributed by atoms with Gasteiger partial charge in [-0.15, -0.1) is 0 Å². The second kappa shape index (κ2) is 4.51. The summed E-state index contributed by atoms with van der Waals surface area (Å²) in [7, 11) is 0. The molecule has 11 heavy (non-hydrogen) atoms. The van der Waals surface area contributed by atoms with E-state index in [0.717, 1.165) is 4.48 Å². The van der Waals surface area contributed by atoms with E-state index in [1.165, 1.54) is 0 Å². The molecule has 0 fully saturated rings. The van der Waals surface area contributed by atoms with E-state index in [2.05, 4.69) is 21.2 Å². The Morgan fingerprint density at radius 1 is 1.73 bits per heavy atom. The second-order valence-corrected chi connectivity index (χ2v) is 2.95. The summed E-state index contributed by atoms with van der Waals surface area (Å²) in [4.78, 5) is 0. The minimum Gasteiger partial charge on any atom is -0.362 e. The van der Waals surface area contributed by atoms with E-state index in [4.69, 9.17) is 4.74 Å². The molecule has 1 heterocycles. The average molecular weight is 222 g/mol. The van der Waals surface area contributed by atoms with Crippen molar-refractivity contribution in [2.45, 2.75) is 6.23 Å². The maximum atomic E-state index is 11.6. The summed E-state index contributed by atoms with van der Waals surface area (Å²) in [5.41, 5.74) is 0. The molecule has 0 saturated heterocycles. The Morgan fingerprint density at radius 2 is 2.55 bits per heavy atom. The fourth-order valence-corrected chi connectivity index (χ4v) is 1.00. The first-order valence-electron chi connectivity index (χ1n) is 3.30. The third-order valence-corrected chi connectivity index (χ3v) is 1.68. The summed E-state index contributed by atoms with van der Waals surface area (Å²) in [5, 5.41) is 2.92. The molecule has 1 atom stereocenters. The van der Waals surface area contributed by atoms with Crippen LogP contribution in [0.5, 0.6) is 0 Å². The minimum atomic E-state index is -0.448. The minimum absolute atomic E-state index is 0.132. The lowest BCUT2D eigenvalue weighted by atomic mass is 10.4. The summed E-state index contributed by atoms with van der Waals surface area (Å²) in [6.07, 6.45) is 5.26. The van der Waals surface area contributed by atoms with E-state index < -0.39 is 6.67 Å². The number of hydrogen-bond acceptors (Lipinski definition) is 2. The van der Waals surface area contributed by atoms with Crippen LogP contribution in [0.1, 0.15) is 0 Å². The Balaban J connectivity index is 2.25. The highest BCUT2D eigenvalue weighted by Gasteiger charge is 2.04. The van der Waals surface area contributed by atoms with Gasteiger partial charge in [0.25, 0.3) is 0 Å². The number of allylic oxidation sites excluding steroid dienone is 2. The SMILES string of the molecule is FCCOC1C=CC(Br)=CN1. The topological polar surface area (TPSA) is 21.3 Å². The van der Waals surface area contributed by atoms with Crippen molar-refractivity contribution in [1.29, 1.82) is 0 Å². The largest absolute Gasteiger partial charge is 0.362 e. The van der Waals surface area contributed by atoms with Crippen molar-refractivity contribution >= 4 is 15.9 Å². The standard InChI is InChI=1S/C7H9BrFNO/c8-6-1-2-7(10-5-6)11-4-3-9/h1-2,5,7,10H,3-4H2. The number of dihydropyridines is 1. The van der Waals surface area contributed by atoms with Gasteiger partial charge in [0.2, 0.25) is 0 Å². The van der Waals surface area contributed by atoms with Gasteiger partial charge in [0.15, 0.2) is 0 Å². The Hall–Kier alpha value is -0.350. The maximum Gasteiger partial charge on any atom is 0.147 e. The van der Waals surface area contributed by atoms with Crippen LogP contribution >= 0.6 is 15.9 Å². The quantitative estimate of drug-likeness (QED) is 0.784. The molecule has 0 aromatic heterocycles. The Kier molecular flexibility index (Phi) is 3.59. The summed E-state index contributed by atoms with van der Waals surface area (Å²) in [6, 6.07) is 0. The van der Waals surface area contributed by atoms with Gasteiger partial charge in [0.05, 0.1) is 6.61 Å². The van der Waals surface area contributed by atoms with E-state index >= 15 is 0 Å². The van der Waals surface area contributed by atoms with Crippen LogP contribution in [0.4, 0.5) is 4.39 Å². The second-order valence-electron chi connectivity index (χ2n) is 2.04. The lowest BCUT2D eigenvalue weighted by Gasteiger charge is -2.16. The number of hydrogen-bond donors (Lipinski definition) is 1. The molecule has 0 aromatic carbocycles. The predicted molar refractivity (Wildman–Crippen MR) is 45.0 cm³/mol. The molecule has 0 saturated carbocycles. The van der Waals surface area contributed by atoms with Crippen molar-refractivity contribution in [3.63, 3.8) is 0 Å². The molecule has 1 N–H and O–H groups in total. The first-order chi connectivity index (χ1) is 5.33. The molecule has 2 nitrogen and oxygen atoms in total. The molecule has 4 heteroatoms. The van der Waals surface area contributed by atoms with Gasteiger partial charge in [0, 0.05) is 10.7 Å². The van der Waals surface area contributed by atoms with Crippen LogP contribution in [-0.4, -0.2) is 19.5 Å². The van der Waals surface area contributed by atoms with Crippen molar-refractivity contribution in [2.24, 2.45) is 0 Å². The Morgan fingerprint density at radius 3 is 3.09 bits per heavy atom. The molecule has 62 valence electrons. The van der Waals surface area contributed by atoms with Crippen molar-refractivity contribution < 1.29 is 9.13 Å². The van der Waals surface area contributed by atoms with E-state index in [-0.39, 0.29) is 12.8 Å². The maximum absolute atomic E-state index is 11.6. The van der Waals surface area contributed by atoms with E-state index in [1.54, 1.807) is 6.20 Å². The number of ether oxygens (including phenoxy) is 1. The van der Waals surface area contributed by atoms with E-state index in [0.29, 0.717) is 0 Å². The number of rotatable bonds is 3. The van der Waals surface area contributed by atoms with Gasteiger partial charge in [0.1, 0.15) is 12.9 Å². The van der Waals surface area contributed by atoms with Gasteiger partial charge >= 0.3 is 0 Å². The third-order valence-electron chi connectivity index (χ3n) is 1.19. The van der Waals surface area contributed by atoms with Crippen LogP contribution in [0, 0.1) is 0 Å². The first-order valence-corrected chi connectivity index (χ1v) is 4.09. The smallest absolute Gasteiger partial charge is 0.147 e. The van der Waals surface area contributed by atoms with Crippen molar-refractivity contribution in [1.82, 2.24) is 5.32 Å². The summed E-state index contributed by atoms with van der Waals surface area (Å²) in [5.74, 6) is 0. The van der Waals surface area contributed by atoms with Crippen LogP contribution in [0.15, 0.2) is 22.8 Å². The van der Waals surface area contributed by atoms with Crippen LogP contribution in [0.25, 0.3) is 0 Å². The molecule has 1 aliphatic heterocycles. The molecule has 0 bridgehead atoms. The van der Waals surface area contributed by atoms with Gasteiger partial charge in [-0.25, -0.2) is 4.39 Å². The highest BCUT2D eigenvalue weighted by atomic mass is 79.9. The zero-order chi connectivity index (χ0) is 8.10.